The molecule has 0 bridgehead atoms. The Kier molecular flexibility index (Phi) is 20.9. The van der Waals surface area contributed by atoms with E-state index < -0.39 is 5.97 Å². The third kappa shape index (κ3) is 27.5. The summed E-state index contributed by atoms with van der Waals surface area (Å²) in [7, 11) is 0. The van der Waals surface area contributed by atoms with Crippen LogP contribution in [-0.2, 0) is 4.79 Å². The van der Waals surface area contributed by atoms with Crippen LogP contribution in [0.25, 0.3) is 0 Å². The van der Waals surface area contributed by atoms with E-state index >= 15 is 0 Å². The molecule has 0 radical (unpaired) electrons. The zero-order valence-corrected chi connectivity index (χ0v) is 19.0. The topological polar surface area (TPSA) is 63.3 Å². The van der Waals surface area contributed by atoms with Crippen molar-refractivity contribution < 1.29 is 9.90 Å². The van der Waals surface area contributed by atoms with Gasteiger partial charge in [0.15, 0.2) is 0 Å². The molecule has 0 aromatic heterocycles. The number of rotatable bonds is 17. The van der Waals surface area contributed by atoms with Gasteiger partial charge in [-0.2, -0.15) is 0 Å². The molecule has 0 aromatic rings. The quantitative estimate of drug-likeness (QED) is 0.200. The van der Waals surface area contributed by atoms with Gasteiger partial charge in [0, 0.05) is 11.1 Å². The molecule has 0 spiro atoms. The lowest BCUT2D eigenvalue weighted by molar-refractivity contribution is -0.132. The summed E-state index contributed by atoms with van der Waals surface area (Å²) in [6, 6.07) is 0. The van der Waals surface area contributed by atoms with Crippen LogP contribution in [0.4, 0.5) is 0 Å². The van der Waals surface area contributed by atoms with Gasteiger partial charge >= 0.3 is 5.97 Å². The van der Waals surface area contributed by atoms with E-state index in [1.807, 2.05) is 6.92 Å². The third-order valence-corrected chi connectivity index (χ3v) is 4.78. The fraction of sp³-hybridized carbons (Fsp3) is 0.875. The molecule has 0 aliphatic heterocycles. The van der Waals surface area contributed by atoms with Gasteiger partial charge in [-0.15, -0.1) is 0 Å². The van der Waals surface area contributed by atoms with E-state index in [9.17, 15) is 4.79 Å². The van der Waals surface area contributed by atoms with Gasteiger partial charge in [-0.25, -0.2) is 4.79 Å². The molecule has 0 unspecified atom stereocenters. The third-order valence-electron chi connectivity index (χ3n) is 4.78. The van der Waals surface area contributed by atoms with Crippen molar-refractivity contribution in [2.45, 2.75) is 136 Å². The zero-order chi connectivity index (χ0) is 21.0. The largest absolute Gasteiger partial charge is 0.478 e. The minimum atomic E-state index is -0.883. The summed E-state index contributed by atoms with van der Waals surface area (Å²) in [5.74, 6) is -0.883. The van der Waals surface area contributed by atoms with Crippen LogP contribution in [0, 0.1) is 0 Å². The van der Waals surface area contributed by atoms with E-state index in [2.05, 4.69) is 27.4 Å². The molecule has 3 nitrogen and oxygen atoms in total. The number of aliphatic carboxylic acids is 1. The van der Waals surface area contributed by atoms with E-state index in [-0.39, 0.29) is 5.54 Å². The molecule has 0 rings (SSSR count). The summed E-state index contributed by atoms with van der Waals surface area (Å²) in [5, 5.41) is 8.21. The second-order valence-electron chi connectivity index (χ2n) is 8.64. The smallest absolute Gasteiger partial charge is 0.330 e. The van der Waals surface area contributed by atoms with E-state index in [4.69, 9.17) is 10.8 Å². The minimum absolute atomic E-state index is 0.0395. The monoisotopic (exact) mass is 383 g/mol. The first-order valence-electron chi connectivity index (χ1n) is 11.4. The van der Waals surface area contributed by atoms with Gasteiger partial charge in [-0.05, 0) is 26.7 Å². The summed E-state index contributed by atoms with van der Waals surface area (Å²) in [4.78, 5) is 9.99. The summed E-state index contributed by atoms with van der Waals surface area (Å²) >= 11 is 0. The maximum Gasteiger partial charge on any atom is 0.330 e. The number of carboxylic acid groups (broad SMARTS) is 1. The average Bonchev–Trinajstić information content (AvgIpc) is 2.59. The number of hydrogen-bond acceptors (Lipinski definition) is 2. The number of hydrogen-bond donors (Lipinski definition) is 2. The Morgan fingerprint density at radius 2 is 1.15 bits per heavy atom. The molecule has 0 atom stereocenters. The minimum Gasteiger partial charge on any atom is -0.478 e. The fourth-order valence-electron chi connectivity index (χ4n) is 3.01. The Labute approximate surface area is 170 Å². The predicted octanol–water partition coefficient (Wildman–Crippen LogP) is 7.63. The van der Waals surface area contributed by atoms with Gasteiger partial charge < -0.3 is 10.8 Å². The Morgan fingerprint density at radius 1 is 0.778 bits per heavy atom. The second kappa shape index (κ2) is 19.9. The Bertz CT molecular complexity index is 345. The molecule has 3 N–H and O–H groups in total. The molecule has 3 heteroatoms. The van der Waals surface area contributed by atoms with Crippen molar-refractivity contribution >= 4 is 5.97 Å². The highest BCUT2D eigenvalue weighted by Gasteiger charge is 2.08. The van der Waals surface area contributed by atoms with Crippen LogP contribution in [0.15, 0.2) is 12.2 Å². The summed E-state index contributed by atoms with van der Waals surface area (Å²) < 4.78 is 0. The van der Waals surface area contributed by atoms with Crippen molar-refractivity contribution in [3.63, 3.8) is 0 Å². The predicted molar refractivity (Wildman–Crippen MR) is 120 cm³/mol. The molecular formula is C24H49NO2. The fourth-order valence-corrected chi connectivity index (χ4v) is 3.01. The van der Waals surface area contributed by atoms with Gasteiger partial charge in [0.05, 0.1) is 0 Å². The summed E-state index contributed by atoms with van der Waals surface area (Å²) in [6.45, 7) is 11.8. The van der Waals surface area contributed by atoms with Gasteiger partial charge in [0.25, 0.3) is 0 Å². The Morgan fingerprint density at radius 3 is 1.41 bits per heavy atom. The van der Waals surface area contributed by atoms with Crippen molar-refractivity contribution in [2.75, 3.05) is 0 Å². The van der Waals surface area contributed by atoms with E-state index in [0.717, 1.165) is 6.42 Å². The first kappa shape index (κ1) is 28.4. The highest BCUT2D eigenvalue weighted by atomic mass is 16.4. The van der Waals surface area contributed by atoms with Crippen LogP contribution in [0.3, 0.4) is 0 Å². The van der Waals surface area contributed by atoms with Gasteiger partial charge in [-0.1, -0.05) is 110 Å². The summed E-state index contributed by atoms with van der Waals surface area (Å²) in [6.07, 6.45) is 21.1. The Balaban J connectivity index is 0. The van der Waals surface area contributed by atoms with E-state index in [1.165, 1.54) is 89.9 Å². The van der Waals surface area contributed by atoms with Crippen LogP contribution in [-0.4, -0.2) is 16.6 Å². The van der Waals surface area contributed by atoms with E-state index in [0.29, 0.717) is 12.0 Å². The molecule has 0 saturated carbocycles. The molecular weight excluding hydrogens is 334 g/mol. The molecule has 27 heavy (non-hydrogen) atoms. The van der Waals surface area contributed by atoms with Gasteiger partial charge in [0.1, 0.15) is 0 Å². The highest BCUT2D eigenvalue weighted by Crippen LogP contribution is 2.15. The van der Waals surface area contributed by atoms with Crippen LogP contribution in [0.2, 0.25) is 0 Å². The molecule has 0 saturated heterocycles. The van der Waals surface area contributed by atoms with Crippen LogP contribution >= 0.6 is 0 Å². The number of unbranched alkanes of at least 4 members (excludes halogenated alkanes) is 12. The van der Waals surface area contributed by atoms with Crippen molar-refractivity contribution in [3.05, 3.63) is 12.2 Å². The zero-order valence-electron chi connectivity index (χ0n) is 19.0. The normalized spacial score (nSPS) is 11.0. The lowest BCUT2D eigenvalue weighted by Gasteiger charge is -2.17. The van der Waals surface area contributed by atoms with Crippen molar-refractivity contribution in [2.24, 2.45) is 5.73 Å². The van der Waals surface area contributed by atoms with Crippen LogP contribution < -0.4 is 5.73 Å². The first-order chi connectivity index (χ1) is 12.7. The van der Waals surface area contributed by atoms with Crippen molar-refractivity contribution in [1.29, 1.82) is 0 Å². The average molecular weight is 384 g/mol. The standard InChI is InChI=1S/C18H39N.C6H10O2/c1-4-5-6-7-8-9-10-11-12-13-14-15-16-17-18(2,3)19;1-3-4-5(2)6(7)8/h4-17,19H2,1-3H3;2-4H2,1H3,(H,7,8). The lowest BCUT2D eigenvalue weighted by Crippen LogP contribution is -2.31. The molecule has 0 amide bonds. The molecule has 0 heterocycles. The first-order valence-corrected chi connectivity index (χ1v) is 11.4. The second-order valence-corrected chi connectivity index (χ2v) is 8.64. The van der Waals surface area contributed by atoms with Gasteiger partial charge in [0.2, 0.25) is 0 Å². The molecule has 0 aliphatic rings. The SMILES string of the molecule is C=C(CCC)C(=O)O.CCCCCCCCCCCCCCCC(C)(C)N. The molecule has 0 fully saturated rings. The summed E-state index contributed by atoms with van der Waals surface area (Å²) in [5.41, 5.74) is 6.31. The maximum atomic E-state index is 9.99. The van der Waals surface area contributed by atoms with Gasteiger partial charge in [-0.3, -0.25) is 0 Å². The van der Waals surface area contributed by atoms with Crippen LogP contribution in [0.1, 0.15) is 130 Å². The number of nitrogens with two attached hydrogens (primary N) is 1. The van der Waals surface area contributed by atoms with Crippen molar-refractivity contribution in [1.82, 2.24) is 0 Å². The highest BCUT2D eigenvalue weighted by molar-refractivity contribution is 5.85. The van der Waals surface area contributed by atoms with Crippen molar-refractivity contribution in [3.8, 4) is 0 Å². The Hall–Kier alpha value is -0.830. The molecule has 0 aromatic carbocycles. The lowest BCUT2D eigenvalue weighted by atomic mass is 9.97. The number of carboxylic acids is 1. The number of carbonyl (C=O) groups is 1. The van der Waals surface area contributed by atoms with E-state index in [1.54, 1.807) is 0 Å². The van der Waals surface area contributed by atoms with Crippen LogP contribution in [0.5, 0.6) is 0 Å². The molecule has 0 aliphatic carbocycles. The maximum absolute atomic E-state index is 9.99. The molecule has 162 valence electrons.